The molecule has 5 rings (SSSR count). The highest BCUT2D eigenvalue weighted by Crippen LogP contribution is 2.43. The summed E-state index contributed by atoms with van der Waals surface area (Å²) in [6, 6.07) is 9.82. The minimum Gasteiger partial charge on any atom is -0.480 e. The molecule has 1 spiro atoms. The van der Waals surface area contributed by atoms with Gasteiger partial charge in [-0.25, -0.2) is 0 Å². The van der Waals surface area contributed by atoms with Crippen LogP contribution in [0.25, 0.3) is 11.1 Å². The molecule has 2 atom stereocenters. The molecule has 0 unspecified atom stereocenters. The topological polar surface area (TPSA) is 114 Å². The predicted octanol–water partition coefficient (Wildman–Crippen LogP) is 6.06. The van der Waals surface area contributed by atoms with Gasteiger partial charge in [-0.05, 0) is 72.6 Å². The molecule has 3 aromatic rings. The number of carbonyl (C=O) groups is 1. The summed E-state index contributed by atoms with van der Waals surface area (Å²) in [4.78, 5) is 21.5. The lowest BCUT2D eigenvalue weighted by atomic mass is 9.76. The average molecular weight is 610 g/mol. The number of nitrogen functional groups attached to an aromatic ring is 1. The van der Waals surface area contributed by atoms with Gasteiger partial charge in [-0.15, -0.1) is 0 Å². The third-order valence-electron chi connectivity index (χ3n) is 7.82. The Bertz CT molecular complexity index is 1460. The number of halogens is 5. The Kier molecular flexibility index (Phi) is 7.97. The van der Waals surface area contributed by atoms with E-state index in [2.05, 4.69) is 15.3 Å². The number of piperidine rings is 1. The van der Waals surface area contributed by atoms with Crippen LogP contribution in [0.5, 0.6) is 5.88 Å². The second-order valence-corrected chi connectivity index (χ2v) is 11.5. The summed E-state index contributed by atoms with van der Waals surface area (Å²) in [5.41, 5.74) is 7.05. The molecular weight excluding hydrogens is 582 g/mol. The summed E-state index contributed by atoms with van der Waals surface area (Å²) in [6.07, 6.45) is -5.26. The molecule has 2 aliphatic heterocycles. The zero-order valence-corrected chi connectivity index (χ0v) is 23.5. The molecule has 2 aliphatic rings. The summed E-state index contributed by atoms with van der Waals surface area (Å²) in [5.74, 6) is -1.08. The monoisotopic (exact) mass is 609 g/mol. The molecule has 3 heterocycles. The molecule has 8 nitrogen and oxygen atoms in total. The molecule has 13 heteroatoms. The highest BCUT2D eigenvalue weighted by molar-refractivity contribution is 6.31. The lowest BCUT2D eigenvalue weighted by molar-refractivity contribution is -0.198. The Balaban J connectivity index is 1.42. The molecule has 2 aromatic carbocycles. The van der Waals surface area contributed by atoms with Gasteiger partial charge in [0.2, 0.25) is 17.9 Å². The predicted molar refractivity (Wildman–Crippen MR) is 150 cm³/mol. The van der Waals surface area contributed by atoms with E-state index >= 15 is 0 Å². The number of aromatic nitrogens is 2. The van der Waals surface area contributed by atoms with Crippen molar-refractivity contribution in [2.45, 2.75) is 44.5 Å². The Labute approximate surface area is 244 Å². The Hall–Kier alpha value is -3.28. The molecular formula is C28H28Cl2F3N5O3. The van der Waals surface area contributed by atoms with Crippen molar-refractivity contribution >= 4 is 40.9 Å². The fraction of sp³-hybridized carbons (Fsp3) is 0.393. The van der Waals surface area contributed by atoms with Gasteiger partial charge in [0.15, 0.2) is 0 Å². The van der Waals surface area contributed by atoms with Crippen LogP contribution in [0.2, 0.25) is 10.0 Å². The minimum absolute atomic E-state index is 0.149. The molecule has 218 valence electrons. The number of aryl methyl sites for hydroxylation is 1. The van der Waals surface area contributed by atoms with E-state index in [0.29, 0.717) is 60.9 Å². The van der Waals surface area contributed by atoms with Crippen LogP contribution >= 0.6 is 23.2 Å². The molecule has 41 heavy (non-hydrogen) atoms. The van der Waals surface area contributed by atoms with Crippen LogP contribution in [-0.2, 0) is 4.79 Å². The minimum atomic E-state index is -4.81. The quantitative estimate of drug-likeness (QED) is 0.309. The van der Waals surface area contributed by atoms with E-state index in [9.17, 15) is 23.1 Å². The van der Waals surface area contributed by atoms with Crippen LogP contribution in [0.3, 0.4) is 0 Å². The van der Waals surface area contributed by atoms with Crippen molar-refractivity contribution in [1.82, 2.24) is 15.3 Å². The third kappa shape index (κ3) is 6.32. The van der Waals surface area contributed by atoms with Crippen molar-refractivity contribution in [2.75, 3.05) is 30.3 Å². The van der Waals surface area contributed by atoms with Crippen LogP contribution in [0.4, 0.5) is 24.9 Å². The maximum atomic E-state index is 14.5. The van der Waals surface area contributed by atoms with E-state index in [-0.39, 0.29) is 33.4 Å². The van der Waals surface area contributed by atoms with Gasteiger partial charge in [0.25, 0.3) is 0 Å². The smallest absolute Gasteiger partial charge is 0.429 e. The molecule has 4 N–H and O–H groups in total. The number of carboxylic acid groups (broad SMARTS) is 1. The van der Waals surface area contributed by atoms with Gasteiger partial charge in [0.05, 0.1) is 0 Å². The molecule has 0 amide bonds. The molecule has 0 saturated carbocycles. The zero-order valence-electron chi connectivity index (χ0n) is 22.0. The highest BCUT2D eigenvalue weighted by atomic mass is 35.5. The van der Waals surface area contributed by atoms with Crippen LogP contribution in [0, 0.1) is 12.3 Å². The second-order valence-electron chi connectivity index (χ2n) is 10.6. The first kappa shape index (κ1) is 29.2. The first-order valence-corrected chi connectivity index (χ1v) is 13.7. The Morgan fingerprint density at radius 2 is 1.90 bits per heavy atom. The van der Waals surface area contributed by atoms with Crippen LogP contribution in [-0.4, -0.2) is 52.9 Å². The standard InChI is InChI=1S/C28H28Cl2F3N5O3/c1-15-10-16(2-5-20(15)30)19-11-17(29)3-4-18(19)24(28(31,32)33)41-23-12-22(36-26(34)37-23)38-8-6-27(7-9-38)13-21(25(39)40)35-14-27/h2-5,10-12,21,24,35H,6-9,13-14H2,1H3,(H,39,40)(H2,34,36,37)/t21-,24+/m0/s1. The number of hydrogen-bond acceptors (Lipinski definition) is 7. The normalized spacial score (nSPS) is 19.4. The van der Waals surface area contributed by atoms with Crippen molar-refractivity contribution in [3.8, 4) is 17.0 Å². The highest BCUT2D eigenvalue weighted by Gasteiger charge is 2.46. The number of nitrogens with two attached hydrogens (primary N) is 1. The van der Waals surface area contributed by atoms with E-state index < -0.39 is 24.3 Å². The number of alkyl halides is 3. The number of aliphatic carboxylic acids is 1. The lowest BCUT2D eigenvalue weighted by Crippen LogP contribution is -2.41. The summed E-state index contributed by atoms with van der Waals surface area (Å²) in [5, 5.41) is 13.2. The number of carboxylic acids is 1. The van der Waals surface area contributed by atoms with Crippen molar-refractivity contribution in [3.05, 3.63) is 63.6 Å². The number of benzene rings is 2. The first-order valence-electron chi connectivity index (χ1n) is 13.0. The van der Waals surface area contributed by atoms with Crippen molar-refractivity contribution in [2.24, 2.45) is 5.41 Å². The fourth-order valence-corrected chi connectivity index (χ4v) is 5.87. The molecule has 1 aromatic heterocycles. The fourth-order valence-electron chi connectivity index (χ4n) is 5.58. The molecule has 2 saturated heterocycles. The van der Waals surface area contributed by atoms with Crippen LogP contribution in [0.1, 0.15) is 36.5 Å². The van der Waals surface area contributed by atoms with Gasteiger partial charge in [-0.1, -0.05) is 35.3 Å². The number of nitrogens with zero attached hydrogens (tertiary/aromatic N) is 3. The zero-order chi connectivity index (χ0) is 29.5. The number of hydrogen-bond donors (Lipinski definition) is 3. The molecule has 0 bridgehead atoms. The van der Waals surface area contributed by atoms with E-state index in [1.165, 1.54) is 24.3 Å². The van der Waals surface area contributed by atoms with Gasteiger partial charge >= 0.3 is 12.1 Å². The van der Waals surface area contributed by atoms with E-state index in [1.807, 2.05) is 4.90 Å². The van der Waals surface area contributed by atoms with E-state index in [0.717, 1.165) is 0 Å². The number of rotatable bonds is 6. The Morgan fingerprint density at radius 3 is 2.54 bits per heavy atom. The molecule has 0 aliphatic carbocycles. The maximum absolute atomic E-state index is 14.5. The number of ether oxygens (including phenoxy) is 1. The van der Waals surface area contributed by atoms with Crippen LogP contribution in [0.15, 0.2) is 42.5 Å². The number of nitrogens with one attached hydrogen (secondary N) is 1. The van der Waals surface area contributed by atoms with Gasteiger partial charge in [0.1, 0.15) is 11.9 Å². The lowest BCUT2D eigenvalue weighted by Gasteiger charge is -2.39. The van der Waals surface area contributed by atoms with Gasteiger partial charge in [-0.2, -0.15) is 23.1 Å². The van der Waals surface area contributed by atoms with Gasteiger partial charge in [-0.3, -0.25) is 4.79 Å². The molecule has 0 radical (unpaired) electrons. The van der Waals surface area contributed by atoms with E-state index in [4.69, 9.17) is 33.7 Å². The SMILES string of the molecule is Cc1cc(-c2cc(Cl)ccc2[C@@H](Oc2cc(N3CCC4(CC3)CN[C@H](C(=O)O)C4)nc(N)n2)C(F)(F)F)ccc1Cl. The molecule has 2 fully saturated rings. The summed E-state index contributed by atoms with van der Waals surface area (Å²) in [7, 11) is 0. The average Bonchev–Trinajstić information content (AvgIpc) is 3.32. The van der Waals surface area contributed by atoms with Gasteiger partial charge < -0.3 is 25.8 Å². The summed E-state index contributed by atoms with van der Waals surface area (Å²) < 4.78 is 49.1. The third-order valence-corrected chi connectivity index (χ3v) is 8.48. The van der Waals surface area contributed by atoms with Crippen molar-refractivity contribution < 1.29 is 27.8 Å². The summed E-state index contributed by atoms with van der Waals surface area (Å²) in [6.45, 7) is 3.42. The maximum Gasteiger partial charge on any atom is 0.429 e. The largest absolute Gasteiger partial charge is 0.480 e. The second kappa shape index (κ2) is 11.2. The van der Waals surface area contributed by atoms with Crippen molar-refractivity contribution in [1.29, 1.82) is 0 Å². The first-order chi connectivity index (χ1) is 19.3. The van der Waals surface area contributed by atoms with Gasteiger partial charge in [0, 0.05) is 41.3 Å². The Morgan fingerprint density at radius 1 is 1.17 bits per heavy atom. The van der Waals surface area contributed by atoms with E-state index in [1.54, 1.807) is 25.1 Å². The van der Waals surface area contributed by atoms with Crippen molar-refractivity contribution in [3.63, 3.8) is 0 Å². The number of anilines is 2. The summed E-state index contributed by atoms with van der Waals surface area (Å²) >= 11 is 12.3. The van der Waals surface area contributed by atoms with Crippen LogP contribution < -0.4 is 20.7 Å².